The second-order valence-corrected chi connectivity index (χ2v) is 5.30. The molecule has 110 valence electrons. The quantitative estimate of drug-likeness (QED) is 0.897. The molecular weight excluding hydrogens is 285 g/mol. The van der Waals surface area contributed by atoms with Gasteiger partial charge in [0, 0.05) is 0 Å². The predicted molar refractivity (Wildman–Crippen MR) is 73.3 cm³/mol. The molecule has 0 aliphatic heterocycles. The number of carbonyl (C=O) groups is 1. The van der Waals surface area contributed by atoms with Crippen LogP contribution in [0.15, 0.2) is 18.2 Å². The summed E-state index contributed by atoms with van der Waals surface area (Å²) < 4.78 is 18.1. The fourth-order valence-electron chi connectivity index (χ4n) is 2.26. The van der Waals surface area contributed by atoms with E-state index in [9.17, 15) is 14.3 Å². The number of carbonyl (C=O) groups excluding carboxylic acids is 1. The summed E-state index contributed by atoms with van der Waals surface area (Å²) in [5, 5.41) is 12.6. The zero-order chi connectivity index (χ0) is 14.5. The maximum Gasteiger partial charge on any atom is 0.258 e. The first-order valence-corrected chi connectivity index (χ1v) is 6.99. The molecule has 0 bridgehead atoms. The van der Waals surface area contributed by atoms with Crippen molar-refractivity contribution in [3.05, 3.63) is 29.0 Å². The van der Waals surface area contributed by atoms with Gasteiger partial charge in [-0.05, 0) is 31.0 Å². The molecule has 0 spiro atoms. The number of amides is 1. The Kier molecular flexibility index (Phi) is 5.20. The number of benzene rings is 1. The van der Waals surface area contributed by atoms with E-state index in [0.29, 0.717) is 6.42 Å². The van der Waals surface area contributed by atoms with Gasteiger partial charge in [0.2, 0.25) is 0 Å². The second-order valence-electron chi connectivity index (χ2n) is 4.89. The lowest BCUT2D eigenvalue weighted by Crippen LogP contribution is -2.46. The summed E-state index contributed by atoms with van der Waals surface area (Å²) in [6.45, 7) is -0.214. The molecule has 1 saturated carbocycles. The Hall–Kier alpha value is -1.33. The number of nitrogens with one attached hydrogen (secondary N) is 1. The highest BCUT2D eigenvalue weighted by Crippen LogP contribution is 2.24. The highest BCUT2D eigenvalue weighted by atomic mass is 35.5. The summed E-state index contributed by atoms with van der Waals surface area (Å²) in [5.41, 5.74) is 0. The summed E-state index contributed by atoms with van der Waals surface area (Å²) in [4.78, 5) is 11.7. The zero-order valence-electron chi connectivity index (χ0n) is 10.9. The molecule has 2 N–H and O–H groups in total. The Morgan fingerprint density at radius 2 is 2.20 bits per heavy atom. The number of hydrogen-bond donors (Lipinski definition) is 2. The number of rotatable bonds is 4. The van der Waals surface area contributed by atoms with Gasteiger partial charge in [-0.2, -0.15) is 0 Å². The van der Waals surface area contributed by atoms with E-state index in [0.717, 1.165) is 25.3 Å². The summed E-state index contributed by atoms with van der Waals surface area (Å²) in [7, 11) is 0. The van der Waals surface area contributed by atoms with Crippen LogP contribution in [0.5, 0.6) is 5.75 Å². The molecule has 1 aliphatic rings. The molecule has 20 heavy (non-hydrogen) atoms. The predicted octanol–water partition coefficient (Wildman–Crippen LogP) is 2.28. The van der Waals surface area contributed by atoms with Gasteiger partial charge in [0.15, 0.2) is 6.61 Å². The van der Waals surface area contributed by atoms with Crippen molar-refractivity contribution in [2.75, 3.05) is 6.61 Å². The third kappa shape index (κ3) is 4.08. The van der Waals surface area contributed by atoms with Gasteiger partial charge in [-0.15, -0.1) is 0 Å². The Morgan fingerprint density at radius 1 is 1.45 bits per heavy atom. The number of aliphatic hydroxyl groups excluding tert-OH is 1. The molecule has 0 heterocycles. The summed E-state index contributed by atoms with van der Waals surface area (Å²) >= 11 is 5.79. The number of halogens is 2. The molecule has 0 saturated heterocycles. The van der Waals surface area contributed by atoms with E-state index in [1.165, 1.54) is 12.1 Å². The van der Waals surface area contributed by atoms with Crippen molar-refractivity contribution in [1.29, 1.82) is 0 Å². The largest absolute Gasteiger partial charge is 0.482 e. The van der Waals surface area contributed by atoms with E-state index in [-0.39, 0.29) is 29.3 Å². The molecule has 6 heteroatoms. The first-order valence-electron chi connectivity index (χ1n) is 6.61. The van der Waals surface area contributed by atoms with Crippen LogP contribution in [-0.4, -0.2) is 29.8 Å². The van der Waals surface area contributed by atoms with Crippen LogP contribution < -0.4 is 10.1 Å². The molecule has 2 rings (SSSR count). The molecule has 1 fully saturated rings. The fraction of sp³-hybridized carbons (Fsp3) is 0.500. The minimum absolute atomic E-state index is 0.121. The molecule has 0 unspecified atom stereocenters. The molecular formula is C14H17ClFNO3. The van der Waals surface area contributed by atoms with Crippen molar-refractivity contribution < 1.29 is 19.0 Å². The highest BCUT2D eigenvalue weighted by Gasteiger charge is 2.24. The van der Waals surface area contributed by atoms with E-state index in [1.807, 2.05) is 0 Å². The summed E-state index contributed by atoms with van der Waals surface area (Å²) in [6, 6.07) is 3.49. The summed E-state index contributed by atoms with van der Waals surface area (Å²) in [6.07, 6.45) is 2.95. The van der Waals surface area contributed by atoms with Gasteiger partial charge >= 0.3 is 0 Å². The molecule has 0 radical (unpaired) electrons. The van der Waals surface area contributed by atoms with Crippen molar-refractivity contribution in [3.8, 4) is 5.75 Å². The number of ether oxygens (including phenoxy) is 1. The summed E-state index contributed by atoms with van der Waals surface area (Å²) in [5.74, 6) is -0.527. The Labute approximate surface area is 121 Å². The van der Waals surface area contributed by atoms with Gasteiger partial charge in [0.05, 0.1) is 17.2 Å². The second kappa shape index (κ2) is 6.90. The van der Waals surface area contributed by atoms with E-state index < -0.39 is 11.9 Å². The molecule has 1 amide bonds. The van der Waals surface area contributed by atoms with E-state index >= 15 is 0 Å². The average Bonchev–Trinajstić information content (AvgIpc) is 2.40. The molecule has 1 aliphatic carbocycles. The van der Waals surface area contributed by atoms with Gasteiger partial charge < -0.3 is 15.2 Å². The monoisotopic (exact) mass is 301 g/mol. The van der Waals surface area contributed by atoms with E-state index in [2.05, 4.69) is 5.32 Å². The van der Waals surface area contributed by atoms with Crippen LogP contribution in [0.25, 0.3) is 0 Å². The standard InChI is InChI=1S/C14H17ClFNO3/c15-10-7-9(16)5-6-13(10)20-8-14(19)17-11-3-1-2-4-12(11)18/h5-7,11-12,18H,1-4,8H2,(H,17,19)/t11-,12-/m1/s1. The van der Waals surface area contributed by atoms with Crippen molar-refractivity contribution in [1.82, 2.24) is 5.32 Å². The van der Waals surface area contributed by atoms with Crippen molar-refractivity contribution >= 4 is 17.5 Å². The maximum absolute atomic E-state index is 12.9. The lowest BCUT2D eigenvalue weighted by atomic mass is 9.92. The van der Waals surface area contributed by atoms with Gasteiger partial charge in [-0.1, -0.05) is 24.4 Å². The smallest absolute Gasteiger partial charge is 0.258 e. The van der Waals surface area contributed by atoms with E-state index in [1.54, 1.807) is 0 Å². The van der Waals surface area contributed by atoms with Crippen LogP contribution in [0, 0.1) is 5.82 Å². The minimum atomic E-state index is -0.498. The van der Waals surface area contributed by atoms with Crippen LogP contribution in [-0.2, 0) is 4.79 Å². The van der Waals surface area contributed by atoms with Gasteiger partial charge in [-0.25, -0.2) is 4.39 Å². The van der Waals surface area contributed by atoms with Crippen molar-refractivity contribution in [2.24, 2.45) is 0 Å². The van der Waals surface area contributed by atoms with Crippen LogP contribution in [0.3, 0.4) is 0 Å². The number of aliphatic hydroxyl groups is 1. The third-order valence-corrected chi connectivity index (χ3v) is 3.62. The molecule has 1 aromatic rings. The van der Waals surface area contributed by atoms with Crippen LogP contribution in [0.2, 0.25) is 5.02 Å². The normalized spacial score (nSPS) is 22.4. The Morgan fingerprint density at radius 3 is 2.90 bits per heavy atom. The van der Waals surface area contributed by atoms with Crippen molar-refractivity contribution in [3.63, 3.8) is 0 Å². The number of hydrogen-bond acceptors (Lipinski definition) is 3. The SMILES string of the molecule is O=C(COc1ccc(F)cc1Cl)N[C@@H]1CCCC[C@H]1O. The van der Waals surface area contributed by atoms with Gasteiger partial charge in [-0.3, -0.25) is 4.79 Å². The first kappa shape index (κ1) is 15.1. The van der Waals surface area contributed by atoms with Gasteiger partial charge in [0.25, 0.3) is 5.91 Å². The molecule has 1 aromatic carbocycles. The minimum Gasteiger partial charge on any atom is -0.482 e. The highest BCUT2D eigenvalue weighted by molar-refractivity contribution is 6.32. The van der Waals surface area contributed by atoms with Crippen LogP contribution >= 0.6 is 11.6 Å². The Balaban J connectivity index is 1.82. The molecule has 4 nitrogen and oxygen atoms in total. The first-order chi connectivity index (χ1) is 9.56. The molecule has 0 aromatic heterocycles. The Bertz CT molecular complexity index is 483. The lowest BCUT2D eigenvalue weighted by molar-refractivity contribution is -0.125. The van der Waals surface area contributed by atoms with Crippen LogP contribution in [0.4, 0.5) is 4.39 Å². The van der Waals surface area contributed by atoms with Crippen LogP contribution in [0.1, 0.15) is 25.7 Å². The fourth-order valence-corrected chi connectivity index (χ4v) is 2.49. The van der Waals surface area contributed by atoms with E-state index in [4.69, 9.17) is 16.3 Å². The molecule has 2 atom stereocenters. The van der Waals surface area contributed by atoms with Gasteiger partial charge in [0.1, 0.15) is 11.6 Å². The maximum atomic E-state index is 12.9. The average molecular weight is 302 g/mol. The zero-order valence-corrected chi connectivity index (χ0v) is 11.7. The lowest BCUT2D eigenvalue weighted by Gasteiger charge is -2.28. The topological polar surface area (TPSA) is 58.6 Å². The third-order valence-electron chi connectivity index (χ3n) is 3.33. The van der Waals surface area contributed by atoms with Crippen molar-refractivity contribution in [2.45, 2.75) is 37.8 Å².